The molecule has 1 saturated heterocycles. The molecule has 5 nitrogen and oxygen atoms in total. The van der Waals surface area contributed by atoms with Crippen LogP contribution in [0.1, 0.15) is 42.4 Å². The summed E-state index contributed by atoms with van der Waals surface area (Å²) in [6.45, 7) is 8.53. The van der Waals surface area contributed by atoms with Crippen molar-refractivity contribution < 1.29 is 9.18 Å². The van der Waals surface area contributed by atoms with E-state index in [-0.39, 0.29) is 17.0 Å². The third-order valence-electron chi connectivity index (χ3n) is 5.45. The zero-order valence-electron chi connectivity index (χ0n) is 17.7. The second kappa shape index (κ2) is 8.11. The Kier molecular flexibility index (Phi) is 5.52. The lowest BCUT2D eigenvalue weighted by molar-refractivity contribution is 0.0486. The first-order valence-electron chi connectivity index (χ1n) is 10.3. The van der Waals surface area contributed by atoms with Crippen molar-refractivity contribution in [2.75, 3.05) is 19.6 Å². The molecule has 1 fully saturated rings. The van der Waals surface area contributed by atoms with Crippen molar-refractivity contribution in [2.45, 2.75) is 32.7 Å². The highest BCUT2D eigenvalue weighted by molar-refractivity contribution is 5.95. The minimum absolute atomic E-state index is 0.0510. The van der Waals surface area contributed by atoms with E-state index in [9.17, 15) is 9.18 Å². The van der Waals surface area contributed by atoms with E-state index in [1.54, 1.807) is 23.2 Å². The quantitative estimate of drug-likeness (QED) is 0.700. The summed E-state index contributed by atoms with van der Waals surface area (Å²) in [4.78, 5) is 14.6. The molecule has 1 aromatic heterocycles. The fraction of sp³-hybridized carbons (Fsp3) is 0.375. The molecule has 1 aliphatic rings. The fourth-order valence-electron chi connectivity index (χ4n) is 3.74. The predicted octanol–water partition coefficient (Wildman–Crippen LogP) is 3.82. The Labute approximate surface area is 176 Å². The average molecular weight is 407 g/mol. The van der Waals surface area contributed by atoms with Gasteiger partial charge in [0.15, 0.2) is 0 Å². The van der Waals surface area contributed by atoms with Gasteiger partial charge in [0, 0.05) is 48.3 Å². The number of rotatable bonds is 5. The van der Waals surface area contributed by atoms with E-state index in [1.165, 1.54) is 6.07 Å². The third-order valence-corrected chi connectivity index (χ3v) is 5.45. The molecule has 3 aromatic rings. The highest BCUT2D eigenvalue weighted by Crippen LogP contribution is 2.23. The molecule has 0 saturated carbocycles. The van der Waals surface area contributed by atoms with Crippen molar-refractivity contribution in [3.05, 3.63) is 71.3 Å². The summed E-state index contributed by atoms with van der Waals surface area (Å²) in [7, 11) is 0. The van der Waals surface area contributed by atoms with Gasteiger partial charge in [0.05, 0.1) is 17.5 Å². The highest BCUT2D eigenvalue weighted by atomic mass is 19.1. The minimum Gasteiger partial charge on any atom is -0.338 e. The van der Waals surface area contributed by atoms with Gasteiger partial charge in [-0.2, -0.15) is 10.2 Å². The summed E-state index contributed by atoms with van der Waals surface area (Å²) < 4.78 is 14.4. The maximum absolute atomic E-state index is 14.4. The maximum Gasteiger partial charge on any atom is 0.256 e. The lowest BCUT2D eigenvalue weighted by Crippen LogP contribution is -2.55. The molecule has 2 heterocycles. The Morgan fingerprint density at radius 2 is 1.97 bits per heavy atom. The number of aromatic nitrogens is 2. The summed E-state index contributed by atoms with van der Waals surface area (Å²) >= 11 is 0. The highest BCUT2D eigenvalue weighted by Gasteiger charge is 2.32. The van der Waals surface area contributed by atoms with Crippen molar-refractivity contribution in [3.8, 4) is 0 Å². The van der Waals surface area contributed by atoms with Gasteiger partial charge in [0.1, 0.15) is 5.82 Å². The molecular weight excluding hydrogens is 379 g/mol. The lowest BCUT2D eigenvalue weighted by Gasteiger charge is -2.40. The van der Waals surface area contributed by atoms with Gasteiger partial charge in [-0.3, -0.25) is 4.79 Å². The second-order valence-electron chi connectivity index (χ2n) is 9.08. The predicted molar refractivity (Wildman–Crippen MR) is 116 cm³/mol. The Morgan fingerprint density at radius 1 is 1.20 bits per heavy atom. The fourth-order valence-corrected chi connectivity index (χ4v) is 3.74. The van der Waals surface area contributed by atoms with Gasteiger partial charge in [0.2, 0.25) is 0 Å². The van der Waals surface area contributed by atoms with E-state index in [2.05, 4.69) is 36.3 Å². The standard InChI is InChI=1S/C24H27FN4O/c1-24(2,3)26-12-17-14-29(15-17)23(30)20-10-16(8-9-21(20)25)11-22-19-7-5-4-6-18(19)13-27-28-22/h4-10,13,17,26H,11-12,14-15H2,1-3H3. The van der Waals surface area contributed by atoms with Gasteiger partial charge >= 0.3 is 0 Å². The Balaban J connectivity index is 1.47. The van der Waals surface area contributed by atoms with E-state index >= 15 is 0 Å². The molecule has 1 aliphatic heterocycles. The summed E-state index contributed by atoms with van der Waals surface area (Å²) in [5, 5.41) is 13.8. The van der Waals surface area contributed by atoms with E-state index in [4.69, 9.17) is 0 Å². The number of hydrogen-bond donors (Lipinski definition) is 1. The molecule has 0 unspecified atom stereocenters. The zero-order valence-corrected chi connectivity index (χ0v) is 17.7. The van der Waals surface area contributed by atoms with Crippen LogP contribution in [0.3, 0.4) is 0 Å². The van der Waals surface area contributed by atoms with Gasteiger partial charge in [-0.05, 0) is 38.5 Å². The second-order valence-corrected chi connectivity index (χ2v) is 9.08. The third kappa shape index (κ3) is 4.49. The van der Waals surface area contributed by atoms with Crippen LogP contribution >= 0.6 is 0 Å². The van der Waals surface area contributed by atoms with Crippen molar-refractivity contribution in [1.29, 1.82) is 0 Å². The van der Waals surface area contributed by atoms with Crippen molar-refractivity contribution in [1.82, 2.24) is 20.4 Å². The van der Waals surface area contributed by atoms with Crippen LogP contribution in [0.2, 0.25) is 0 Å². The molecule has 0 radical (unpaired) electrons. The van der Waals surface area contributed by atoms with Crippen LogP contribution in [0.4, 0.5) is 4.39 Å². The van der Waals surface area contributed by atoms with Gasteiger partial charge in [-0.25, -0.2) is 4.39 Å². The first-order valence-corrected chi connectivity index (χ1v) is 10.3. The van der Waals surface area contributed by atoms with Crippen LogP contribution in [0.15, 0.2) is 48.7 Å². The number of nitrogens with one attached hydrogen (secondary N) is 1. The summed E-state index contributed by atoms with van der Waals surface area (Å²) in [6.07, 6.45) is 2.22. The van der Waals surface area contributed by atoms with E-state index in [1.807, 2.05) is 24.3 Å². The molecule has 0 spiro atoms. The molecular formula is C24H27FN4O. The smallest absolute Gasteiger partial charge is 0.256 e. The van der Waals surface area contributed by atoms with Crippen molar-refractivity contribution in [2.24, 2.45) is 5.92 Å². The molecule has 0 aliphatic carbocycles. The van der Waals surface area contributed by atoms with Gasteiger partial charge in [-0.1, -0.05) is 30.3 Å². The van der Waals surface area contributed by atoms with Gasteiger partial charge in [-0.15, -0.1) is 0 Å². The molecule has 0 bridgehead atoms. The zero-order chi connectivity index (χ0) is 21.3. The van der Waals surface area contributed by atoms with E-state index < -0.39 is 5.82 Å². The summed E-state index contributed by atoms with van der Waals surface area (Å²) in [5.41, 5.74) is 1.84. The lowest BCUT2D eigenvalue weighted by atomic mass is 9.96. The Hall–Kier alpha value is -2.86. The van der Waals surface area contributed by atoms with E-state index in [0.717, 1.165) is 28.6 Å². The van der Waals surface area contributed by atoms with Gasteiger partial charge in [0.25, 0.3) is 5.91 Å². The van der Waals surface area contributed by atoms with Crippen LogP contribution < -0.4 is 5.32 Å². The first-order chi connectivity index (χ1) is 14.3. The normalized spacial score (nSPS) is 14.7. The molecule has 156 valence electrons. The minimum atomic E-state index is -0.482. The number of carbonyl (C=O) groups is 1. The molecule has 0 atom stereocenters. The molecule has 6 heteroatoms. The molecule has 4 rings (SSSR count). The Morgan fingerprint density at radius 3 is 2.73 bits per heavy atom. The monoisotopic (exact) mass is 406 g/mol. The van der Waals surface area contributed by atoms with Crippen LogP contribution in [0.5, 0.6) is 0 Å². The largest absolute Gasteiger partial charge is 0.338 e. The summed E-state index contributed by atoms with van der Waals surface area (Å²) in [6, 6.07) is 12.6. The molecule has 1 amide bonds. The number of amides is 1. The number of likely N-dealkylation sites (tertiary alicyclic amines) is 1. The van der Waals surface area contributed by atoms with Crippen LogP contribution in [0.25, 0.3) is 10.8 Å². The van der Waals surface area contributed by atoms with Crippen LogP contribution in [0, 0.1) is 11.7 Å². The Bertz CT molecular complexity index is 1060. The van der Waals surface area contributed by atoms with Crippen molar-refractivity contribution >= 4 is 16.7 Å². The number of fused-ring (bicyclic) bond motifs is 1. The molecule has 1 N–H and O–H groups in total. The molecule has 30 heavy (non-hydrogen) atoms. The number of hydrogen-bond acceptors (Lipinski definition) is 4. The summed E-state index contributed by atoms with van der Waals surface area (Å²) in [5.74, 6) is -0.320. The number of halogens is 1. The van der Waals surface area contributed by atoms with Crippen LogP contribution in [-0.2, 0) is 6.42 Å². The van der Waals surface area contributed by atoms with Gasteiger partial charge < -0.3 is 10.2 Å². The van der Waals surface area contributed by atoms with E-state index in [0.29, 0.717) is 25.4 Å². The molecule has 2 aromatic carbocycles. The SMILES string of the molecule is CC(C)(C)NCC1CN(C(=O)c2cc(Cc3nncc4ccccc34)ccc2F)C1. The number of carbonyl (C=O) groups excluding carboxylic acids is 1. The number of nitrogens with zero attached hydrogens (tertiary/aromatic N) is 3. The number of benzene rings is 2. The first kappa shape index (κ1) is 20.4. The topological polar surface area (TPSA) is 58.1 Å². The maximum atomic E-state index is 14.4. The van der Waals surface area contributed by atoms with Crippen LogP contribution in [-0.4, -0.2) is 46.2 Å². The average Bonchev–Trinajstić information content (AvgIpc) is 2.67. The van der Waals surface area contributed by atoms with Crippen molar-refractivity contribution in [3.63, 3.8) is 0 Å².